The molecule has 2 aromatic rings. The Morgan fingerprint density at radius 2 is 1.96 bits per heavy atom. The number of carbonyl (C=O) groups is 1. The summed E-state index contributed by atoms with van der Waals surface area (Å²) in [4.78, 5) is 13.7. The molecule has 0 saturated carbocycles. The van der Waals surface area contributed by atoms with E-state index in [4.69, 9.17) is 0 Å². The summed E-state index contributed by atoms with van der Waals surface area (Å²) in [6.45, 7) is 0.875. The number of hydrogen-bond acceptors (Lipinski definition) is 5. The topological polar surface area (TPSA) is 88.4 Å². The van der Waals surface area contributed by atoms with E-state index in [2.05, 4.69) is 10.3 Å². The van der Waals surface area contributed by atoms with Crippen LogP contribution in [0.3, 0.4) is 0 Å². The van der Waals surface area contributed by atoms with Crippen molar-refractivity contribution in [2.75, 3.05) is 32.9 Å². The van der Waals surface area contributed by atoms with E-state index in [0.717, 1.165) is 21.8 Å². The Bertz CT molecular complexity index is 828. The third-order valence-corrected chi connectivity index (χ3v) is 5.35. The first-order chi connectivity index (χ1) is 11.3. The van der Waals surface area contributed by atoms with Gasteiger partial charge in [-0.25, -0.2) is 13.1 Å². The highest BCUT2D eigenvalue weighted by Crippen LogP contribution is 2.23. The summed E-state index contributed by atoms with van der Waals surface area (Å²) in [5.74, 6) is -0.206. The van der Waals surface area contributed by atoms with Crippen molar-refractivity contribution < 1.29 is 13.2 Å². The minimum Gasteiger partial charge on any atom is -0.337 e. The lowest BCUT2D eigenvalue weighted by Gasteiger charge is -2.39. The molecule has 1 amide bonds. The summed E-state index contributed by atoms with van der Waals surface area (Å²) in [5.41, 5.74) is 1.78. The van der Waals surface area contributed by atoms with E-state index in [0.29, 0.717) is 13.1 Å². The second-order valence-corrected chi connectivity index (χ2v) is 8.01. The molecule has 0 unspecified atom stereocenters. The number of rotatable bonds is 5. The lowest BCUT2D eigenvalue weighted by molar-refractivity contribution is -0.137. The Morgan fingerprint density at radius 1 is 1.29 bits per heavy atom. The predicted octanol–water partition coefficient (Wildman–Crippen LogP) is 0.220. The summed E-state index contributed by atoms with van der Waals surface area (Å²) in [5, 5.41) is 8.29. The summed E-state index contributed by atoms with van der Waals surface area (Å²) in [6.07, 6.45) is 2.95. The highest BCUT2D eigenvalue weighted by atomic mass is 32.2. The number of benzene rings is 1. The van der Waals surface area contributed by atoms with E-state index in [9.17, 15) is 13.2 Å². The number of aromatic nitrogens is 3. The van der Waals surface area contributed by atoms with Crippen molar-refractivity contribution >= 4 is 15.9 Å². The normalized spacial score (nSPS) is 15.5. The zero-order chi connectivity index (χ0) is 17.3. The van der Waals surface area contributed by atoms with Crippen LogP contribution in [0, 0.1) is 0 Å². The van der Waals surface area contributed by atoms with Crippen LogP contribution >= 0.6 is 0 Å². The Balaban J connectivity index is 1.57. The van der Waals surface area contributed by atoms with Gasteiger partial charge in [0.25, 0.3) is 0 Å². The van der Waals surface area contributed by atoms with Gasteiger partial charge >= 0.3 is 0 Å². The maximum atomic E-state index is 12.1. The molecule has 8 nitrogen and oxygen atoms in total. The van der Waals surface area contributed by atoms with E-state index < -0.39 is 10.0 Å². The standard InChI is InChI=1S/C15H19N5O3S/c1-18(24(2,22)23)11-15(21)19-8-13(9-19)20-10-14(16-17-20)12-6-4-3-5-7-12/h3-7,10,13H,8-9,11H2,1-2H3. The van der Waals surface area contributed by atoms with Crippen molar-refractivity contribution in [3.63, 3.8) is 0 Å². The summed E-state index contributed by atoms with van der Waals surface area (Å²) in [7, 11) is -1.95. The number of nitrogens with zero attached hydrogens (tertiary/aromatic N) is 5. The van der Waals surface area contributed by atoms with Crippen LogP contribution in [0.2, 0.25) is 0 Å². The fourth-order valence-electron chi connectivity index (χ4n) is 2.43. The van der Waals surface area contributed by atoms with Gasteiger partial charge in [-0.3, -0.25) is 4.79 Å². The molecule has 1 fully saturated rings. The molecule has 3 rings (SSSR count). The Hall–Kier alpha value is -2.26. The van der Waals surface area contributed by atoms with Crippen molar-refractivity contribution in [2.24, 2.45) is 0 Å². The number of sulfonamides is 1. The van der Waals surface area contributed by atoms with E-state index in [-0.39, 0.29) is 18.5 Å². The van der Waals surface area contributed by atoms with Gasteiger partial charge in [-0.15, -0.1) is 5.10 Å². The summed E-state index contributed by atoms with van der Waals surface area (Å²) >= 11 is 0. The number of carbonyl (C=O) groups excluding carboxylic acids is 1. The van der Waals surface area contributed by atoms with E-state index in [1.807, 2.05) is 36.5 Å². The number of hydrogen-bond donors (Lipinski definition) is 0. The molecule has 1 aromatic heterocycles. The lowest BCUT2D eigenvalue weighted by Crippen LogP contribution is -2.53. The first-order valence-corrected chi connectivity index (χ1v) is 9.36. The zero-order valence-electron chi connectivity index (χ0n) is 13.5. The van der Waals surface area contributed by atoms with Gasteiger partial charge in [-0.2, -0.15) is 4.31 Å². The molecule has 0 atom stereocenters. The molecule has 0 spiro atoms. The largest absolute Gasteiger partial charge is 0.337 e. The molecular formula is C15H19N5O3S. The van der Waals surface area contributed by atoms with Crippen LogP contribution in [0.4, 0.5) is 0 Å². The molecule has 1 aliphatic heterocycles. The summed E-state index contributed by atoms with van der Waals surface area (Å²) in [6, 6.07) is 9.82. The average molecular weight is 349 g/mol. The molecule has 128 valence electrons. The van der Waals surface area contributed by atoms with Crippen molar-refractivity contribution in [3.8, 4) is 11.3 Å². The van der Waals surface area contributed by atoms with E-state index in [1.165, 1.54) is 7.05 Å². The monoisotopic (exact) mass is 349 g/mol. The second kappa shape index (κ2) is 6.33. The fraction of sp³-hybridized carbons (Fsp3) is 0.400. The Kier molecular flexibility index (Phi) is 4.37. The molecule has 0 bridgehead atoms. The maximum Gasteiger partial charge on any atom is 0.238 e. The maximum absolute atomic E-state index is 12.1. The Morgan fingerprint density at radius 3 is 2.58 bits per heavy atom. The van der Waals surface area contributed by atoms with Gasteiger partial charge in [0.05, 0.1) is 25.0 Å². The van der Waals surface area contributed by atoms with Crippen LogP contribution in [-0.4, -0.2) is 71.5 Å². The van der Waals surface area contributed by atoms with Gasteiger partial charge in [0.15, 0.2) is 0 Å². The van der Waals surface area contributed by atoms with Gasteiger partial charge in [-0.05, 0) is 0 Å². The molecule has 0 aliphatic carbocycles. The van der Waals surface area contributed by atoms with Crippen LogP contribution in [0.25, 0.3) is 11.3 Å². The van der Waals surface area contributed by atoms with E-state index >= 15 is 0 Å². The molecule has 0 N–H and O–H groups in total. The zero-order valence-corrected chi connectivity index (χ0v) is 14.3. The lowest BCUT2D eigenvalue weighted by atomic mass is 10.1. The number of amides is 1. The van der Waals surface area contributed by atoms with Gasteiger partial charge in [0, 0.05) is 25.7 Å². The van der Waals surface area contributed by atoms with Crippen LogP contribution in [0.15, 0.2) is 36.5 Å². The third-order valence-electron chi connectivity index (χ3n) is 4.09. The van der Waals surface area contributed by atoms with Crippen LogP contribution < -0.4 is 0 Å². The first-order valence-electron chi connectivity index (χ1n) is 7.51. The molecule has 1 aromatic carbocycles. The van der Waals surface area contributed by atoms with Gasteiger partial charge in [-0.1, -0.05) is 35.5 Å². The minimum absolute atomic E-state index is 0.0717. The van der Waals surface area contributed by atoms with Gasteiger partial charge < -0.3 is 4.90 Å². The Labute approximate surface area is 140 Å². The highest BCUT2D eigenvalue weighted by Gasteiger charge is 2.33. The van der Waals surface area contributed by atoms with Gasteiger partial charge in [0.1, 0.15) is 5.69 Å². The molecule has 1 saturated heterocycles. The summed E-state index contributed by atoms with van der Waals surface area (Å²) < 4.78 is 25.5. The van der Waals surface area contributed by atoms with Crippen molar-refractivity contribution in [3.05, 3.63) is 36.5 Å². The quantitative estimate of drug-likeness (QED) is 0.770. The fourth-order valence-corrected chi connectivity index (χ4v) is 2.78. The average Bonchev–Trinajstić information content (AvgIpc) is 2.95. The van der Waals surface area contributed by atoms with Crippen LogP contribution in [-0.2, 0) is 14.8 Å². The van der Waals surface area contributed by atoms with Crippen molar-refractivity contribution in [1.82, 2.24) is 24.2 Å². The van der Waals surface area contributed by atoms with Crippen LogP contribution in [0.5, 0.6) is 0 Å². The number of likely N-dealkylation sites (tertiary alicyclic amines) is 1. The van der Waals surface area contributed by atoms with Crippen LogP contribution in [0.1, 0.15) is 6.04 Å². The number of likely N-dealkylation sites (N-methyl/N-ethyl adjacent to an activating group) is 1. The molecule has 9 heteroatoms. The molecule has 2 heterocycles. The highest BCUT2D eigenvalue weighted by molar-refractivity contribution is 7.88. The first kappa shape index (κ1) is 16.6. The van der Waals surface area contributed by atoms with Crippen molar-refractivity contribution in [1.29, 1.82) is 0 Å². The van der Waals surface area contributed by atoms with Gasteiger partial charge in [0.2, 0.25) is 15.9 Å². The minimum atomic E-state index is -3.35. The smallest absolute Gasteiger partial charge is 0.238 e. The molecular weight excluding hydrogens is 330 g/mol. The molecule has 1 aliphatic rings. The second-order valence-electron chi connectivity index (χ2n) is 5.92. The van der Waals surface area contributed by atoms with Crippen molar-refractivity contribution in [2.45, 2.75) is 6.04 Å². The molecule has 24 heavy (non-hydrogen) atoms. The predicted molar refractivity (Wildman–Crippen MR) is 88.5 cm³/mol. The third kappa shape index (κ3) is 3.46. The molecule has 0 radical (unpaired) electrons. The SMILES string of the molecule is CN(CC(=O)N1CC(n2cc(-c3ccccc3)nn2)C1)S(C)(=O)=O. The van der Waals surface area contributed by atoms with E-state index in [1.54, 1.807) is 9.58 Å².